The van der Waals surface area contributed by atoms with E-state index in [0.717, 1.165) is 43.6 Å². The Hall–Kier alpha value is -3.76. The fourth-order valence-corrected chi connectivity index (χ4v) is 4.44. The van der Waals surface area contributed by atoms with Crippen LogP contribution in [0.2, 0.25) is 0 Å². The second kappa shape index (κ2) is 7.93. The minimum Gasteiger partial charge on any atom is -0.321 e. The molecule has 0 radical (unpaired) electrons. The molecule has 0 spiro atoms. The first-order valence-electron chi connectivity index (χ1n) is 9.67. The van der Waals surface area contributed by atoms with Gasteiger partial charge in [-0.2, -0.15) is 0 Å². The van der Waals surface area contributed by atoms with Crippen LogP contribution < -0.4 is 5.56 Å². The van der Waals surface area contributed by atoms with Crippen LogP contribution in [-0.2, 0) is 0 Å². The Morgan fingerprint density at radius 1 is 0.833 bits per heavy atom. The Morgan fingerprint density at radius 3 is 2.53 bits per heavy atom. The highest BCUT2D eigenvalue weighted by Gasteiger charge is 2.17. The first-order chi connectivity index (χ1) is 14.8. The highest BCUT2D eigenvalue weighted by atomic mass is 32.1. The zero-order valence-electron chi connectivity index (χ0n) is 16.1. The molecule has 5 aromatic rings. The lowest BCUT2D eigenvalue weighted by molar-refractivity contribution is 1.31. The molecule has 5 rings (SSSR count). The van der Waals surface area contributed by atoms with E-state index < -0.39 is 0 Å². The maximum absolute atomic E-state index is 13.1. The van der Waals surface area contributed by atoms with Gasteiger partial charge in [0.2, 0.25) is 0 Å². The first-order valence-corrected chi connectivity index (χ1v) is 10.5. The van der Waals surface area contributed by atoms with Crippen molar-refractivity contribution in [1.29, 1.82) is 0 Å². The number of aromatic nitrogens is 2. The minimum atomic E-state index is -0.0672. The van der Waals surface area contributed by atoms with Crippen LogP contribution in [-0.4, -0.2) is 9.97 Å². The Balaban J connectivity index is 1.71. The van der Waals surface area contributed by atoms with Crippen LogP contribution in [0, 0.1) is 0 Å². The normalized spacial score (nSPS) is 11.3. The third kappa shape index (κ3) is 3.49. The lowest BCUT2D eigenvalue weighted by Crippen LogP contribution is -2.10. The number of fused-ring (bicyclic) bond motifs is 1. The summed E-state index contributed by atoms with van der Waals surface area (Å²) < 4.78 is 0. The van der Waals surface area contributed by atoms with Crippen LogP contribution in [0.4, 0.5) is 0 Å². The van der Waals surface area contributed by atoms with Crippen molar-refractivity contribution in [3.63, 3.8) is 0 Å². The van der Waals surface area contributed by atoms with Crippen LogP contribution in [0.1, 0.15) is 11.1 Å². The standard InChI is InChI=1S/C26H18N2OS/c29-26-25(23-11-5-15-30-23)24(21-9-1-2-10-22(21)28-26)20-8-3-6-18(16-20)12-13-19-7-4-14-27-17-19/h1-17H,(H,28,29). The summed E-state index contributed by atoms with van der Waals surface area (Å²) in [6.45, 7) is 0. The molecule has 0 aliphatic rings. The molecule has 144 valence electrons. The van der Waals surface area contributed by atoms with Crippen molar-refractivity contribution in [2.24, 2.45) is 0 Å². The van der Waals surface area contributed by atoms with Crippen molar-refractivity contribution in [2.75, 3.05) is 0 Å². The summed E-state index contributed by atoms with van der Waals surface area (Å²) in [5, 5.41) is 3.04. The highest BCUT2D eigenvalue weighted by Crippen LogP contribution is 2.37. The molecule has 0 aliphatic heterocycles. The van der Waals surface area contributed by atoms with E-state index in [1.54, 1.807) is 17.5 Å². The van der Waals surface area contributed by atoms with Gasteiger partial charge in [-0.15, -0.1) is 11.3 Å². The van der Waals surface area contributed by atoms with E-state index in [4.69, 9.17) is 0 Å². The number of aromatic amines is 1. The van der Waals surface area contributed by atoms with E-state index >= 15 is 0 Å². The lowest BCUT2D eigenvalue weighted by Gasteiger charge is -2.12. The largest absolute Gasteiger partial charge is 0.321 e. The third-order valence-electron chi connectivity index (χ3n) is 5.02. The van der Waals surface area contributed by atoms with Crippen LogP contribution in [0.3, 0.4) is 0 Å². The quantitative estimate of drug-likeness (QED) is 0.371. The van der Waals surface area contributed by atoms with Crippen molar-refractivity contribution in [2.45, 2.75) is 0 Å². The summed E-state index contributed by atoms with van der Waals surface area (Å²) >= 11 is 1.58. The van der Waals surface area contributed by atoms with Crippen molar-refractivity contribution < 1.29 is 0 Å². The molecule has 0 bridgehead atoms. The predicted octanol–water partition coefficient (Wildman–Crippen LogP) is 6.49. The molecule has 3 nitrogen and oxygen atoms in total. The van der Waals surface area contributed by atoms with E-state index in [0.29, 0.717) is 0 Å². The molecule has 0 saturated heterocycles. The van der Waals surface area contributed by atoms with Gasteiger partial charge in [0.1, 0.15) is 0 Å². The van der Waals surface area contributed by atoms with Crippen LogP contribution in [0.15, 0.2) is 95.4 Å². The van der Waals surface area contributed by atoms with E-state index in [2.05, 4.69) is 40.3 Å². The molecule has 0 unspecified atom stereocenters. The Labute approximate surface area is 178 Å². The fourth-order valence-electron chi connectivity index (χ4n) is 3.66. The molecule has 0 fully saturated rings. The summed E-state index contributed by atoms with van der Waals surface area (Å²) in [7, 11) is 0. The van der Waals surface area contributed by atoms with Gasteiger partial charge in [0.25, 0.3) is 5.56 Å². The summed E-state index contributed by atoms with van der Waals surface area (Å²) in [6.07, 6.45) is 7.71. The number of rotatable bonds is 4. The molecule has 3 aromatic heterocycles. The fraction of sp³-hybridized carbons (Fsp3) is 0. The smallest absolute Gasteiger partial charge is 0.257 e. The molecule has 0 atom stereocenters. The maximum Gasteiger partial charge on any atom is 0.257 e. The van der Waals surface area contributed by atoms with Crippen molar-refractivity contribution >= 4 is 34.4 Å². The number of nitrogens with one attached hydrogen (secondary N) is 1. The predicted molar refractivity (Wildman–Crippen MR) is 126 cm³/mol. The number of pyridine rings is 2. The van der Waals surface area contributed by atoms with Gasteiger partial charge in [-0.05, 0) is 46.3 Å². The Kier molecular flexibility index (Phi) is 4.83. The van der Waals surface area contributed by atoms with Gasteiger partial charge in [0, 0.05) is 33.7 Å². The molecule has 0 amide bonds. The molecular weight excluding hydrogens is 388 g/mol. The van der Waals surface area contributed by atoms with Gasteiger partial charge in [0.05, 0.1) is 5.56 Å². The van der Waals surface area contributed by atoms with Crippen LogP contribution in [0.25, 0.3) is 44.6 Å². The summed E-state index contributed by atoms with van der Waals surface area (Å²) in [6, 6.07) is 24.2. The Morgan fingerprint density at radius 2 is 1.70 bits per heavy atom. The average molecular weight is 407 g/mol. The number of H-pyrrole nitrogens is 1. The first kappa shape index (κ1) is 18.3. The van der Waals surface area contributed by atoms with E-state index in [1.165, 1.54) is 0 Å². The highest BCUT2D eigenvalue weighted by molar-refractivity contribution is 7.13. The number of nitrogens with zero attached hydrogens (tertiary/aromatic N) is 1. The van der Waals surface area contributed by atoms with Crippen LogP contribution in [0.5, 0.6) is 0 Å². The van der Waals surface area contributed by atoms with Gasteiger partial charge < -0.3 is 4.98 Å². The number of para-hydroxylation sites is 1. The van der Waals surface area contributed by atoms with Crippen molar-refractivity contribution in [3.05, 3.63) is 112 Å². The topological polar surface area (TPSA) is 45.8 Å². The third-order valence-corrected chi connectivity index (χ3v) is 5.90. The molecule has 0 aliphatic carbocycles. The zero-order chi connectivity index (χ0) is 20.3. The SMILES string of the molecule is O=c1[nH]c2ccccc2c(-c2cccc(C=Cc3cccnc3)c2)c1-c1cccs1. The second-order valence-corrected chi connectivity index (χ2v) is 7.92. The number of thiophene rings is 1. The van der Waals surface area contributed by atoms with E-state index in [1.807, 2.05) is 66.2 Å². The van der Waals surface area contributed by atoms with Gasteiger partial charge in [0.15, 0.2) is 0 Å². The number of benzene rings is 2. The van der Waals surface area contributed by atoms with Gasteiger partial charge in [-0.25, -0.2) is 0 Å². The summed E-state index contributed by atoms with van der Waals surface area (Å²) in [5.41, 5.74) is 5.60. The summed E-state index contributed by atoms with van der Waals surface area (Å²) in [4.78, 5) is 21.2. The molecule has 1 N–H and O–H groups in total. The molecular formula is C26H18N2OS. The molecule has 0 saturated carbocycles. The zero-order valence-corrected chi connectivity index (χ0v) is 16.9. The molecule has 2 aromatic carbocycles. The van der Waals surface area contributed by atoms with Crippen molar-refractivity contribution in [1.82, 2.24) is 9.97 Å². The lowest BCUT2D eigenvalue weighted by atomic mass is 9.94. The average Bonchev–Trinajstić information content (AvgIpc) is 3.32. The monoisotopic (exact) mass is 406 g/mol. The van der Waals surface area contributed by atoms with E-state index in [-0.39, 0.29) is 5.56 Å². The second-order valence-electron chi connectivity index (χ2n) is 6.97. The summed E-state index contributed by atoms with van der Waals surface area (Å²) in [5.74, 6) is 0. The minimum absolute atomic E-state index is 0.0672. The maximum atomic E-state index is 13.1. The number of hydrogen-bond donors (Lipinski definition) is 1. The molecule has 30 heavy (non-hydrogen) atoms. The molecule has 4 heteroatoms. The molecule has 3 heterocycles. The van der Waals surface area contributed by atoms with Gasteiger partial charge in [-0.3, -0.25) is 9.78 Å². The Bertz CT molecular complexity index is 1400. The van der Waals surface area contributed by atoms with E-state index in [9.17, 15) is 4.79 Å². The van der Waals surface area contributed by atoms with Gasteiger partial charge in [-0.1, -0.05) is 60.7 Å². The number of hydrogen-bond acceptors (Lipinski definition) is 3. The van der Waals surface area contributed by atoms with Gasteiger partial charge >= 0.3 is 0 Å². The van der Waals surface area contributed by atoms with Crippen LogP contribution >= 0.6 is 11.3 Å². The van der Waals surface area contributed by atoms with Crippen molar-refractivity contribution in [3.8, 4) is 21.6 Å².